The van der Waals surface area contributed by atoms with Crippen LogP contribution in [-0.2, 0) is 38.7 Å². The van der Waals surface area contributed by atoms with Crippen LogP contribution < -0.4 is 0 Å². The Kier molecular flexibility index (Phi) is 6.96. The lowest BCUT2D eigenvalue weighted by atomic mass is 10.1. The largest absolute Gasteiger partial charge is 0.465 e. The van der Waals surface area contributed by atoms with Gasteiger partial charge in [-0.15, -0.1) is 0 Å². The summed E-state index contributed by atoms with van der Waals surface area (Å²) in [6.07, 6.45) is -1.78. The van der Waals surface area contributed by atoms with Gasteiger partial charge in [-0.3, -0.25) is 9.35 Å². The van der Waals surface area contributed by atoms with Gasteiger partial charge in [0.1, 0.15) is 12.2 Å². The zero-order chi connectivity index (χ0) is 21.3. The van der Waals surface area contributed by atoms with Gasteiger partial charge in [-0.05, 0) is 34.6 Å². The smallest absolute Gasteiger partial charge is 0.460 e. The minimum absolute atomic E-state index is 0.00734. The van der Waals surface area contributed by atoms with Gasteiger partial charge < -0.3 is 18.9 Å². The van der Waals surface area contributed by atoms with Crippen molar-refractivity contribution < 1.29 is 50.3 Å². The summed E-state index contributed by atoms with van der Waals surface area (Å²) >= 11 is 0. The van der Waals surface area contributed by atoms with Crippen molar-refractivity contribution in [1.82, 2.24) is 0 Å². The van der Waals surface area contributed by atoms with E-state index in [4.69, 9.17) is 18.8 Å². The maximum atomic E-state index is 13.2. The van der Waals surface area contributed by atoms with Gasteiger partial charge in [-0.25, -0.2) is 4.79 Å². The topological polar surface area (TPSA) is 125 Å². The van der Waals surface area contributed by atoms with Crippen LogP contribution in [-0.4, -0.2) is 60.4 Å². The number of ether oxygens (including phenoxy) is 4. The lowest BCUT2D eigenvalue weighted by Crippen LogP contribution is -2.48. The van der Waals surface area contributed by atoms with Crippen LogP contribution in [0.5, 0.6) is 0 Å². The Morgan fingerprint density at radius 3 is 2.19 bits per heavy atom. The van der Waals surface area contributed by atoms with Crippen LogP contribution in [0.1, 0.15) is 47.5 Å². The molecule has 158 valence electrons. The number of carbonyl (C=O) groups excluding carboxylic acids is 2. The van der Waals surface area contributed by atoms with E-state index in [-0.39, 0.29) is 12.8 Å². The van der Waals surface area contributed by atoms with Gasteiger partial charge in [0.15, 0.2) is 5.79 Å². The molecular weight excluding hydrogens is 394 g/mol. The lowest BCUT2D eigenvalue weighted by Gasteiger charge is -2.40. The average molecular weight is 418 g/mol. The number of carbonyl (C=O) groups is 2. The predicted octanol–water partition coefficient (Wildman–Crippen LogP) is 1.65. The van der Waals surface area contributed by atoms with Crippen LogP contribution in [0.2, 0.25) is 0 Å². The molecule has 2 unspecified atom stereocenters. The number of hydrogen-bond donors (Lipinski definition) is 1. The first-order valence-corrected chi connectivity index (χ1v) is 9.46. The third-order valence-corrected chi connectivity index (χ3v) is 4.02. The van der Waals surface area contributed by atoms with Gasteiger partial charge >= 0.3 is 27.3 Å². The summed E-state index contributed by atoms with van der Waals surface area (Å²) in [4.78, 5) is 23.2. The number of rotatable bonds is 6. The number of alkyl halides is 2. The second-order valence-electron chi connectivity index (χ2n) is 7.50. The van der Waals surface area contributed by atoms with Crippen LogP contribution >= 0.6 is 0 Å². The molecule has 1 N–H and O–H groups in total. The molecule has 27 heavy (non-hydrogen) atoms. The molecule has 0 aliphatic carbocycles. The molecule has 1 heterocycles. The van der Waals surface area contributed by atoms with Gasteiger partial charge in [0.2, 0.25) is 0 Å². The van der Waals surface area contributed by atoms with Gasteiger partial charge in [0, 0.05) is 6.42 Å². The third-order valence-electron chi connectivity index (χ3n) is 3.20. The Balaban J connectivity index is 2.71. The van der Waals surface area contributed by atoms with Crippen molar-refractivity contribution in [3.05, 3.63) is 0 Å². The summed E-state index contributed by atoms with van der Waals surface area (Å²) < 4.78 is 76.3. The Bertz CT molecular complexity index is 667. The molecule has 0 amide bonds. The number of halogens is 2. The minimum Gasteiger partial charge on any atom is -0.460 e. The van der Waals surface area contributed by atoms with E-state index in [1.807, 2.05) is 0 Å². The van der Waals surface area contributed by atoms with Gasteiger partial charge in [0.25, 0.3) is 0 Å². The molecule has 0 aromatic heterocycles. The van der Waals surface area contributed by atoms with E-state index < -0.39 is 57.5 Å². The fourth-order valence-corrected chi connectivity index (χ4v) is 2.64. The molecule has 0 aromatic carbocycles. The maximum Gasteiger partial charge on any atom is 0.465 e. The molecule has 1 saturated heterocycles. The molecule has 0 saturated carbocycles. The minimum atomic E-state index is -5.96. The molecule has 9 nitrogen and oxygen atoms in total. The summed E-state index contributed by atoms with van der Waals surface area (Å²) in [6.45, 7) is 7.37. The SMILES string of the molecule is CC(C)(C)OC(=O)CC1CC(COC(=O)C(F)(F)S(=O)(=O)O)OC(C)(C)O1. The molecule has 2 atom stereocenters. The van der Waals surface area contributed by atoms with E-state index in [2.05, 4.69) is 4.74 Å². The summed E-state index contributed by atoms with van der Waals surface area (Å²) in [5.41, 5.74) is -0.700. The first-order chi connectivity index (χ1) is 11.9. The molecule has 1 aliphatic rings. The normalized spacial score (nSPS) is 23.6. The van der Waals surface area contributed by atoms with Crippen LogP contribution in [0.25, 0.3) is 0 Å². The quantitative estimate of drug-likeness (QED) is 0.506. The van der Waals surface area contributed by atoms with E-state index >= 15 is 0 Å². The Morgan fingerprint density at radius 2 is 1.70 bits per heavy atom. The number of hydrogen-bond acceptors (Lipinski definition) is 8. The van der Waals surface area contributed by atoms with E-state index in [1.54, 1.807) is 20.8 Å². The predicted molar refractivity (Wildman–Crippen MR) is 86.4 cm³/mol. The van der Waals surface area contributed by atoms with Crippen molar-refractivity contribution in [2.75, 3.05) is 6.61 Å². The molecule has 1 rings (SSSR count). The maximum absolute atomic E-state index is 13.2. The molecular formula is C15H24F2O9S. The second kappa shape index (κ2) is 7.94. The Morgan fingerprint density at radius 1 is 1.19 bits per heavy atom. The number of esters is 2. The van der Waals surface area contributed by atoms with Crippen LogP contribution in [0, 0.1) is 0 Å². The van der Waals surface area contributed by atoms with Gasteiger partial charge in [-0.2, -0.15) is 17.2 Å². The van der Waals surface area contributed by atoms with E-state index in [0.717, 1.165) is 0 Å². The van der Waals surface area contributed by atoms with Crippen molar-refractivity contribution in [2.45, 2.75) is 76.3 Å². The first-order valence-electron chi connectivity index (χ1n) is 8.02. The molecule has 0 spiro atoms. The lowest BCUT2D eigenvalue weighted by molar-refractivity contribution is -0.305. The fourth-order valence-electron chi connectivity index (χ4n) is 2.37. The zero-order valence-electron chi connectivity index (χ0n) is 15.7. The van der Waals surface area contributed by atoms with Crippen LogP contribution in [0.3, 0.4) is 0 Å². The summed E-state index contributed by atoms with van der Waals surface area (Å²) in [7, 11) is -5.96. The van der Waals surface area contributed by atoms with Gasteiger partial charge in [0.05, 0.1) is 18.6 Å². The molecule has 1 fully saturated rings. The van der Waals surface area contributed by atoms with E-state index in [0.29, 0.717) is 0 Å². The second-order valence-corrected chi connectivity index (χ2v) is 8.96. The molecule has 0 aromatic rings. The van der Waals surface area contributed by atoms with Crippen LogP contribution in [0.4, 0.5) is 8.78 Å². The first kappa shape index (κ1) is 23.7. The van der Waals surface area contributed by atoms with Crippen molar-refractivity contribution in [2.24, 2.45) is 0 Å². The highest BCUT2D eigenvalue weighted by Gasteiger charge is 2.54. The standard InChI is InChI=1S/C15H24F2O9S/c1-13(2,3)26-11(18)7-9-6-10(25-14(4,5)24-9)8-23-12(19)15(16,17)27(20,21)22/h9-10H,6-8H2,1-5H3,(H,20,21,22). The van der Waals surface area contributed by atoms with Crippen LogP contribution in [0.15, 0.2) is 0 Å². The van der Waals surface area contributed by atoms with Crippen molar-refractivity contribution in [1.29, 1.82) is 0 Å². The molecule has 12 heteroatoms. The summed E-state index contributed by atoms with van der Waals surface area (Å²) in [6, 6.07) is 0. The van der Waals surface area contributed by atoms with Crippen molar-refractivity contribution in [3.8, 4) is 0 Å². The zero-order valence-corrected chi connectivity index (χ0v) is 16.5. The fraction of sp³-hybridized carbons (Fsp3) is 0.867. The highest BCUT2D eigenvalue weighted by Crippen LogP contribution is 2.30. The molecule has 0 radical (unpaired) electrons. The highest BCUT2D eigenvalue weighted by molar-refractivity contribution is 7.87. The molecule has 0 bridgehead atoms. The monoisotopic (exact) mass is 418 g/mol. The Hall–Kier alpha value is -1.37. The highest BCUT2D eigenvalue weighted by atomic mass is 32.2. The van der Waals surface area contributed by atoms with E-state index in [1.165, 1.54) is 13.8 Å². The van der Waals surface area contributed by atoms with Crippen molar-refractivity contribution in [3.63, 3.8) is 0 Å². The van der Waals surface area contributed by atoms with Crippen molar-refractivity contribution >= 4 is 22.1 Å². The van der Waals surface area contributed by atoms with Gasteiger partial charge in [-0.1, -0.05) is 0 Å². The summed E-state index contributed by atoms with van der Waals surface area (Å²) in [5.74, 6) is -4.19. The Labute approximate surface area is 156 Å². The average Bonchev–Trinajstić information content (AvgIpc) is 2.39. The summed E-state index contributed by atoms with van der Waals surface area (Å²) in [5, 5.41) is -5.09. The molecule has 1 aliphatic heterocycles. The van der Waals surface area contributed by atoms with E-state index in [9.17, 15) is 26.8 Å². The third kappa shape index (κ3) is 7.28.